The van der Waals surface area contributed by atoms with Crippen molar-refractivity contribution in [3.8, 4) is 11.5 Å². The molecule has 0 radical (unpaired) electrons. The van der Waals surface area contributed by atoms with Gasteiger partial charge in [0.15, 0.2) is 0 Å². The van der Waals surface area contributed by atoms with Crippen molar-refractivity contribution in [1.82, 2.24) is 10.6 Å². The summed E-state index contributed by atoms with van der Waals surface area (Å²) in [6.45, 7) is 0.304. The Morgan fingerprint density at radius 1 is 0.453 bits per heavy atom. The van der Waals surface area contributed by atoms with E-state index in [2.05, 4.69) is 10.6 Å². The van der Waals surface area contributed by atoms with Gasteiger partial charge in [-0.2, -0.15) is 8.42 Å². The Bertz CT molecular complexity index is 2480. The van der Waals surface area contributed by atoms with Gasteiger partial charge in [-0.25, -0.2) is 19.2 Å². The van der Waals surface area contributed by atoms with Gasteiger partial charge in [-0.15, -0.1) is 0 Å². The average Bonchev–Trinajstić information content (AvgIpc) is 3.30. The Balaban J connectivity index is 0.000000243. The maximum absolute atomic E-state index is 12.8. The number of hydrogen-bond donors (Lipinski definition) is 3. The molecule has 2 amide bonds. The molecule has 0 aliphatic rings. The molecule has 0 saturated carbocycles. The molecule has 0 aromatic heterocycles. The van der Waals surface area contributed by atoms with Crippen LogP contribution >= 0.6 is 0 Å². The molecule has 0 spiro atoms. The van der Waals surface area contributed by atoms with Crippen LogP contribution in [0.2, 0.25) is 0 Å². The van der Waals surface area contributed by atoms with Gasteiger partial charge in [0.1, 0.15) is 50.0 Å². The zero-order valence-corrected chi connectivity index (χ0v) is 35.7. The fraction of sp³-hybridized carbons (Fsp3) is 0.184. The summed E-state index contributed by atoms with van der Waals surface area (Å²) in [5.41, 5.74) is 4.73. The number of carbonyl (C=O) groups is 4. The average molecular weight is 889 g/mol. The van der Waals surface area contributed by atoms with Crippen molar-refractivity contribution in [3.63, 3.8) is 0 Å². The number of hydrogen-bond acceptors (Lipinski definition) is 12. The molecule has 15 heteroatoms. The highest BCUT2D eigenvalue weighted by Gasteiger charge is 2.25. The Morgan fingerprint density at radius 2 is 0.766 bits per heavy atom. The van der Waals surface area contributed by atoms with Gasteiger partial charge in [0, 0.05) is 12.8 Å². The van der Waals surface area contributed by atoms with Gasteiger partial charge in [0.25, 0.3) is 0 Å². The number of alkyl carbamates (subject to hydrolysis) is 2. The number of aromatic hydroxyl groups is 1. The second kappa shape index (κ2) is 24.7. The SMILES string of the molecule is CS(=O)(=O)Oc1ccc(C[C@H](NC(=O)OCc2ccccc2)C(=O)OCc2ccccc2)cc1.O=C(N[C@@H](Cc1ccc(O)cc1)C(=O)OCc1ccccc1)OCc1ccccc1. The van der Waals surface area contributed by atoms with Gasteiger partial charge < -0.3 is 38.9 Å². The predicted octanol–water partition coefficient (Wildman–Crippen LogP) is 7.58. The first-order valence-electron chi connectivity index (χ1n) is 20.0. The van der Waals surface area contributed by atoms with Crippen LogP contribution in [-0.4, -0.2) is 56.0 Å². The lowest BCUT2D eigenvalue weighted by atomic mass is 10.1. The summed E-state index contributed by atoms with van der Waals surface area (Å²) in [6, 6.07) is 47.5. The smallest absolute Gasteiger partial charge is 0.408 e. The first kappa shape index (κ1) is 47.4. The van der Waals surface area contributed by atoms with E-state index in [4.69, 9.17) is 23.1 Å². The molecule has 0 fully saturated rings. The minimum absolute atomic E-state index is 0.0516. The number of carbonyl (C=O) groups excluding carboxylic acids is 4. The molecule has 2 atom stereocenters. The summed E-state index contributed by atoms with van der Waals surface area (Å²) in [5.74, 6) is -0.928. The van der Waals surface area contributed by atoms with Crippen LogP contribution in [0, 0.1) is 0 Å². The minimum atomic E-state index is -3.65. The number of rotatable bonds is 18. The number of benzene rings is 6. The Labute approximate surface area is 371 Å². The number of amides is 2. The van der Waals surface area contributed by atoms with E-state index in [9.17, 15) is 32.7 Å². The molecule has 6 aromatic rings. The normalized spacial score (nSPS) is 11.6. The van der Waals surface area contributed by atoms with Crippen LogP contribution in [0.1, 0.15) is 33.4 Å². The highest BCUT2D eigenvalue weighted by molar-refractivity contribution is 7.86. The quantitative estimate of drug-likeness (QED) is 0.0436. The second-order valence-corrected chi connectivity index (χ2v) is 15.8. The molecule has 0 heterocycles. The van der Waals surface area contributed by atoms with Crippen molar-refractivity contribution in [2.75, 3.05) is 6.26 Å². The Kier molecular flexibility index (Phi) is 18.3. The maximum Gasteiger partial charge on any atom is 0.408 e. The number of esters is 2. The summed E-state index contributed by atoms with van der Waals surface area (Å²) in [6.07, 6.45) is -0.214. The zero-order chi connectivity index (χ0) is 45.6. The molecule has 64 heavy (non-hydrogen) atoms. The third-order valence-electron chi connectivity index (χ3n) is 9.01. The molecule has 332 valence electrons. The lowest BCUT2D eigenvalue weighted by molar-refractivity contribution is -0.148. The van der Waals surface area contributed by atoms with Gasteiger partial charge >= 0.3 is 34.2 Å². The van der Waals surface area contributed by atoms with E-state index in [1.165, 1.54) is 24.3 Å². The molecule has 3 N–H and O–H groups in total. The van der Waals surface area contributed by atoms with Crippen LogP contribution in [0.15, 0.2) is 170 Å². The molecule has 14 nitrogen and oxygen atoms in total. The molecule has 0 aliphatic heterocycles. The van der Waals surface area contributed by atoms with Crippen LogP contribution in [0.4, 0.5) is 9.59 Å². The number of phenolic OH excluding ortho intramolecular Hbond substituents is 1. The second-order valence-electron chi connectivity index (χ2n) is 14.2. The summed E-state index contributed by atoms with van der Waals surface area (Å²) in [4.78, 5) is 50.1. The van der Waals surface area contributed by atoms with Gasteiger partial charge in [0.05, 0.1) is 6.26 Å². The van der Waals surface area contributed by atoms with Crippen molar-refractivity contribution in [2.45, 2.75) is 51.4 Å². The van der Waals surface area contributed by atoms with E-state index >= 15 is 0 Å². The van der Waals surface area contributed by atoms with E-state index < -0.39 is 46.3 Å². The number of phenols is 1. The largest absolute Gasteiger partial charge is 0.508 e. The highest BCUT2D eigenvalue weighted by Crippen LogP contribution is 2.17. The first-order chi connectivity index (χ1) is 30.9. The van der Waals surface area contributed by atoms with Crippen molar-refractivity contribution in [2.24, 2.45) is 0 Å². The molecule has 6 rings (SSSR count). The number of ether oxygens (including phenoxy) is 4. The van der Waals surface area contributed by atoms with Crippen LogP contribution < -0.4 is 14.8 Å². The maximum atomic E-state index is 12.8. The Morgan fingerprint density at radius 3 is 1.09 bits per heavy atom. The summed E-state index contributed by atoms with van der Waals surface area (Å²) in [7, 11) is -3.65. The standard InChI is InChI=1S/C25H25NO7S.C24H23NO5/c1-34(29,30)33-22-14-12-19(13-15-22)16-23(24(27)31-17-20-8-4-2-5-9-20)26-25(28)32-18-21-10-6-3-7-11-21;26-21-13-11-18(12-14-21)15-22(23(27)29-16-19-7-3-1-4-8-19)25-24(28)30-17-20-9-5-2-6-10-20/h2-15,23H,16-18H2,1H3,(H,26,28);1-14,22,26H,15-17H2,(H,25,28)/t23-;22-/m00/s1. The minimum Gasteiger partial charge on any atom is -0.508 e. The lowest BCUT2D eigenvalue weighted by Crippen LogP contribution is -2.43. The fourth-order valence-electron chi connectivity index (χ4n) is 5.82. The molecule has 0 bridgehead atoms. The number of nitrogens with one attached hydrogen (secondary N) is 2. The monoisotopic (exact) mass is 888 g/mol. The van der Waals surface area contributed by atoms with Crippen molar-refractivity contribution >= 4 is 34.2 Å². The summed E-state index contributed by atoms with van der Waals surface area (Å²) < 4.78 is 48.7. The van der Waals surface area contributed by atoms with E-state index in [0.29, 0.717) is 5.56 Å². The zero-order valence-electron chi connectivity index (χ0n) is 34.9. The van der Waals surface area contributed by atoms with E-state index in [1.807, 2.05) is 121 Å². The molecular weight excluding hydrogens is 841 g/mol. The molecular formula is C49H48N2O12S. The summed E-state index contributed by atoms with van der Waals surface area (Å²) >= 11 is 0. The van der Waals surface area contributed by atoms with Gasteiger partial charge in [-0.3, -0.25) is 0 Å². The van der Waals surface area contributed by atoms with Gasteiger partial charge in [0.2, 0.25) is 0 Å². The molecule has 0 aliphatic carbocycles. The van der Waals surface area contributed by atoms with Gasteiger partial charge in [-0.1, -0.05) is 146 Å². The molecule has 0 unspecified atom stereocenters. The Hall–Kier alpha value is -7.65. The third kappa shape index (κ3) is 17.8. The van der Waals surface area contributed by atoms with Crippen molar-refractivity contribution in [3.05, 3.63) is 203 Å². The summed E-state index contributed by atoms with van der Waals surface area (Å²) in [5, 5.41) is 14.6. The first-order valence-corrected chi connectivity index (χ1v) is 21.8. The van der Waals surface area contributed by atoms with Crippen molar-refractivity contribution < 1.29 is 55.8 Å². The van der Waals surface area contributed by atoms with Crippen LogP contribution in [0.3, 0.4) is 0 Å². The molecule has 0 saturated heterocycles. The van der Waals surface area contributed by atoms with Gasteiger partial charge in [-0.05, 0) is 57.6 Å². The third-order valence-corrected chi connectivity index (χ3v) is 9.51. The van der Waals surface area contributed by atoms with Crippen LogP contribution in [0.25, 0.3) is 0 Å². The van der Waals surface area contributed by atoms with Crippen LogP contribution in [-0.2, 0) is 77.9 Å². The predicted molar refractivity (Wildman–Crippen MR) is 237 cm³/mol. The van der Waals surface area contributed by atoms with Crippen LogP contribution in [0.5, 0.6) is 11.5 Å². The lowest BCUT2D eigenvalue weighted by Gasteiger charge is -2.18. The van der Waals surface area contributed by atoms with E-state index in [1.54, 1.807) is 24.3 Å². The van der Waals surface area contributed by atoms with Crippen molar-refractivity contribution in [1.29, 1.82) is 0 Å². The molecule has 6 aromatic carbocycles. The van der Waals surface area contributed by atoms with E-state index in [0.717, 1.165) is 34.1 Å². The fourth-order valence-corrected chi connectivity index (χ4v) is 6.28. The topological polar surface area (TPSA) is 193 Å². The van der Waals surface area contributed by atoms with E-state index in [-0.39, 0.29) is 50.8 Å². The highest BCUT2D eigenvalue weighted by atomic mass is 32.2.